The van der Waals surface area contributed by atoms with E-state index in [1.807, 2.05) is 34.1 Å². The van der Waals surface area contributed by atoms with Gasteiger partial charge in [0, 0.05) is 38.3 Å². The third-order valence-electron chi connectivity index (χ3n) is 5.27. The highest BCUT2D eigenvalue weighted by molar-refractivity contribution is 5.79. The van der Waals surface area contributed by atoms with Crippen molar-refractivity contribution in [1.82, 2.24) is 20.4 Å². The molecule has 2 aliphatic heterocycles. The number of ether oxygens (including phenoxy) is 1. The number of piperazine rings is 1. The quantitative estimate of drug-likeness (QED) is 0.869. The minimum Gasteiger partial charge on any atom is -0.497 e. The summed E-state index contributed by atoms with van der Waals surface area (Å²) in [5.74, 6) is 1.73. The first-order chi connectivity index (χ1) is 13.2. The molecule has 2 saturated heterocycles. The van der Waals surface area contributed by atoms with E-state index in [9.17, 15) is 4.79 Å². The summed E-state index contributed by atoms with van der Waals surface area (Å²) in [4.78, 5) is 21.2. The molecule has 27 heavy (non-hydrogen) atoms. The Balaban J connectivity index is 1.35. The second-order valence-electron chi connectivity index (χ2n) is 6.98. The fourth-order valence-electron chi connectivity index (χ4n) is 3.64. The maximum atomic E-state index is 12.6. The molecular weight excluding hydrogens is 346 g/mol. The maximum absolute atomic E-state index is 12.6. The summed E-state index contributed by atoms with van der Waals surface area (Å²) < 4.78 is 10.6. The first kappa shape index (κ1) is 17.8. The van der Waals surface area contributed by atoms with Crippen LogP contribution in [0.4, 0.5) is 6.01 Å². The highest BCUT2D eigenvalue weighted by atomic mass is 16.5. The SMILES string of the molecule is COc1ccc(-c2noc(N3CCN(C(=O)C4CCCNC4)CC3)n2)cc1. The molecule has 1 N–H and O–H groups in total. The van der Waals surface area contributed by atoms with Gasteiger partial charge in [-0.25, -0.2) is 0 Å². The van der Waals surface area contributed by atoms with Gasteiger partial charge in [-0.05, 0) is 43.7 Å². The summed E-state index contributed by atoms with van der Waals surface area (Å²) in [5.41, 5.74) is 0.879. The molecule has 0 aliphatic carbocycles. The number of nitrogens with one attached hydrogen (secondary N) is 1. The smallest absolute Gasteiger partial charge is 0.324 e. The number of hydrogen-bond donors (Lipinski definition) is 1. The number of anilines is 1. The average Bonchev–Trinajstić information content (AvgIpc) is 3.24. The second kappa shape index (κ2) is 7.96. The minimum absolute atomic E-state index is 0.121. The van der Waals surface area contributed by atoms with Gasteiger partial charge in [-0.15, -0.1) is 0 Å². The van der Waals surface area contributed by atoms with E-state index in [0.29, 0.717) is 38.0 Å². The Morgan fingerprint density at radius 2 is 2.00 bits per heavy atom. The average molecular weight is 371 g/mol. The molecule has 0 spiro atoms. The number of nitrogens with zero attached hydrogens (tertiary/aromatic N) is 4. The summed E-state index contributed by atoms with van der Waals surface area (Å²) >= 11 is 0. The molecule has 1 atom stereocenters. The highest BCUT2D eigenvalue weighted by Gasteiger charge is 2.29. The Hall–Kier alpha value is -2.61. The fraction of sp³-hybridized carbons (Fsp3) is 0.526. The number of benzene rings is 1. The Bertz CT molecular complexity index is 762. The van der Waals surface area contributed by atoms with Crippen LogP contribution in [0.1, 0.15) is 12.8 Å². The number of amides is 1. The van der Waals surface area contributed by atoms with E-state index in [0.717, 1.165) is 37.2 Å². The fourth-order valence-corrected chi connectivity index (χ4v) is 3.64. The van der Waals surface area contributed by atoms with Gasteiger partial charge in [0.25, 0.3) is 0 Å². The highest BCUT2D eigenvalue weighted by Crippen LogP contribution is 2.23. The predicted molar refractivity (Wildman–Crippen MR) is 101 cm³/mol. The van der Waals surface area contributed by atoms with E-state index in [1.54, 1.807) is 7.11 Å². The molecular formula is C19H25N5O3. The van der Waals surface area contributed by atoms with Crippen LogP contribution in [0.5, 0.6) is 5.75 Å². The van der Waals surface area contributed by atoms with E-state index < -0.39 is 0 Å². The van der Waals surface area contributed by atoms with Crippen LogP contribution >= 0.6 is 0 Å². The topological polar surface area (TPSA) is 83.7 Å². The second-order valence-corrected chi connectivity index (χ2v) is 6.98. The van der Waals surface area contributed by atoms with Crippen molar-refractivity contribution in [1.29, 1.82) is 0 Å². The normalized spacial score (nSPS) is 20.6. The number of carbonyl (C=O) groups is 1. The first-order valence-electron chi connectivity index (χ1n) is 9.47. The molecule has 8 heteroatoms. The van der Waals surface area contributed by atoms with Crippen LogP contribution in [-0.4, -0.2) is 67.3 Å². The third kappa shape index (κ3) is 3.90. The van der Waals surface area contributed by atoms with Crippen molar-refractivity contribution < 1.29 is 14.1 Å². The molecule has 0 saturated carbocycles. The van der Waals surface area contributed by atoms with E-state index in [1.165, 1.54) is 0 Å². The van der Waals surface area contributed by atoms with Gasteiger partial charge in [0.05, 0.1) is 13.0 Å². The summed E-state index contributed by atoms with van der Waals surface area (Å²) in [6, 6.07) is 8.06. The number of carbonyl (C=O) groups excluding carboxylic acids is 1. The van der Waals surface area contributed by atoms with Gasteiger partial charge in [0.1, 0.15) is 5.75 Å². The first-order valence-corrected chi connectivity index (χ1v) is 9.47. The molecule has 1 amide bonds. The Morgan fingerprint density at radius 1 is 1.22 bits per heavy atom. The molecule has 1 aromatic heterocycles. The maximum Gasteiger partial charge on any atom is 0.324 e. The van der Waals surface area contributed by atoms with Crippen LogP contribution in [0.3, 0.4) is 0 Å². The molecule has 2 aliphatic rings. The van der Waals surface area contributed by atoms with Gasteiger partial charge in [0.2, 0.25) is 11.7 Å². The standard InChI is InChI=1S/C19H25N5O3/c1-26-16-6-4-14(5-7-16)17-21-19(27-22-17)24-11-9-23(10-12-24)18(25)15-3-2-8-20-13-15/h4-7,15,20H,2-3,8-13H2,1H3. The lowest BCUT2D eigenvalue weighted by molar-refractivity contribution is -0.136. The summed E-state index contributed by atoms with van der Waals surface area (Å²) in [5, 5.41) is 7.40. The molecule has 1 unspecified atom stereocenters. The van der Waals surface area contributed by atoms with Crippen LogP contribution in [0.15, 0.2) is 28.8 Å². The Labute approximate surface area is 158 Å². The van der Waals surface area contributed by atoms with Crippen molar-refractivity contribution >= 4 is 11.9 Å². The molecule has 0 radical (unpaired) electrons. The molecule has 1 aromatic carbocycles. The van der Waals surface area contributed by atoms with Gasteiger partial charge in [-0.2, -0.15) is 4.98 Å². The van der Waals surface area contributed by atoms with E-state index in [2.05, 4.69) is 15.5 Å². The van der Waals surface area contributed by atoms with Gasteiger partial charge in [0.15, 0.2) is 0 Å². The number of rotatable bonds is 4. The van der Waals surface area contributed by atoms with E-state index >= 15 is 0 Å². The van der Waals surface area contributed by atoms with E-state index in [-0.39, 0.29) is 11.8 Å². The lowest BCUT2D eigenvalue weighted by atomic mass is 9.98. The largest absolute Gasteiger partial charge is 0.497 e. The molecule has 2 fully saturated rings. The van der Waals surface area contributed by atoms with Crippen LogP contribution in [-0.2, 0) is 4.79 Å². The van der Waals surface area contributed by atoms with Crippen molar-refractivity contribution in [3.8, 4) is 17.1 Å². The van der Waals surface area contributed by atoms with Gasteiger partial charge in [-0.3, -0.25) is 4.79 Å². The van der Waals surface area contributed by atoms with Crippen molar-refractivity contribution in [2.24, 2.45) is 5.92 Å². The number of piperidine rings is 1. The zero-order valence-electron chi connectivity index (χ0n) is 15.6. The van der Waals surface area contributed by atoms with Crippen LogP contribution in [0.25, 0.3) is 11.4 Å². The summed E-state index contributed by atoms with van der Waals surface area (Å²) in [6.07, 6.45) is 2.06. The van der Waals surface area contributed by atoms with Crippen LogP contribution < -0.4 is 15.0 Å². The number of aromatic nitrogens is 2. The summed E-state index contributed by atoms with van der Waals surface area (Å²) in [7, 11) is 1.64. The van der Waals surface area contributed by atoms with Crippen molar-refractivity contribution in [3.05, 3.63) is 24.3 Å². The van der Waals surface area contributed by atoms with Crippen LogP contribution in [0, 0.1) is 5.92 Å². The third-order valence-corrected chi connectivity index (χ3v) is 5.27. The van der Waals surface area contributed by atoms with Crippen molar-refractivity contribution in [2.45, 2.75) is 12.8 Å². The van der Waals surface area contributed by atoms with Gasteiger partial charge < -0.3 is 24.4 Å². The minimum atomic E-state index is 0.121. The predicted octanol–water partition coefficient (Wildman–Crippen LogP) is 1.39. The molecule has 8 nitrogen and oxygen atoms in total. The molecule has 0 bridgehead atoms. The molecule has 4 rings (SSSR count). The molecule has 144 valence electrons. The van der Waals surface area contributed by atoms with Gasteiger partial charge in [-0.1, -0.05) is 5.16 Å². The Kier molecular flexibility index (Phi) is 5.24. The zero-order valence-corrected chi connectivity index (χ0v) is 15.6. The molecule has 2 aromatic rings. The van der Waals surface area contributed by atoms with Crippen molar-refractivity contribution in [3.63, 3.8) is 0 Å². The molecule has 3 heterocycles. The zero-order chi connectivity index (χ0) is 18.6. The Morgan fingerprint density at radius 3 is 2.67 bits per heavy atom. The number of methoxy groups -OCH3 is 1. The number of hydrogen-bond acceptors (Lipinski definition) is 7. The van der Waals surface area contributed by atoms with Gasteiger partial charge >= 0.3 is 6.01 Å². The van der Waals surface area contributed by atoms with Crippen molar-refractivity contribution in [2.75, 3.05) is 51.3 Å². The summed E-state index contributed by atoms with van der Waals surface area (Å²) in [6.45, 7) is 4.61. The van der Waals surface area contributed by atoms with E-state index in [4.69, 9.17) is 9.26 Å². The van der Waals surface area contributed by atoms with Crippen LogP contribution in [0.2, 0.25) is 0 Å². The lowest BCUT2D eigenvalue weighted by Crippen LogP contribution is -2.52. The lowest BCUT2D eigenvalue weighted by Gasteiger charge is -2.36. The monoisotopic (exact) mass is 371 g/mol.